The van der Waals surface area contributed by atoms with E-state index in [9.17, 15) is 10.0 Å². The molecule has 4 nitrogen and oxygen atoms in total. The molecule has 0 bridgehead atoms. The summed E-state index contributed by atoms with van der Waals surface area (Å²) < 4.78 is 1.41. The van der Waals surface area contributed by atoms with Gasteiger partial charge in [-0.25, -0.2) is 10.0 Å². The maximum atomic E-state index is 12.1. The average molecular weight is 343 g/mol. The Morgan fingerprint density at radius 1 is 1.25 bits per heavy atom. The van der Waals surface area contributed by atoms with Gasteiger partial charge < -0.3 is 4.40 Å². The highest BCUT2D eigenvalue weighted by atomic mass is 32.1. The van der Waals surface area contributed by atoms with E-state index in [2.05, 4.69) is 47.9 Å². The topological polar surface area (TPSA) is 41.7 Å². The number of hydrogen-bond acceptors (Lipinski definition) is 3. The molecule has 0 aliphatic heterocycles. The van der Waals surface area contributed by atoms with Crippen molar-refractivity contribution in [3.8, 4) is 11.1 Å². The lowest BCUT2D eigenvalue weighted by molar-refractivity contribution is -1.01. The number of hydroxylamine groups is 3. The van der Waals surface area contributed by atoms with Crippen molar-refractivity contribution < 1.29 is 14.6 Å². The second-order valence-electron chi connectivity index (χ2n) is 6.58. The number of aryl methyl sites for hydroxylation is 1. The lowest BCUT2D eigenvalue weighted by Crippen LogP contribution is -2.43. The smallest absolute Gasteiger partial charge is 0.310 e. The highest BCUT2D eigenvalue weighted by Gasteiger charge is 2.25. The molecule has 0 fully saturated rings. The van der Waals surface area contributed by atoms with Crippen LogP contribution in [0.15, 0.2) is 41.9 Å². The summed E-state index contributed by atoms with van der Waals surface area (Å²) in [6, 6.07) is 10.8. The molecular weight excluding hydrogens is 320 g/mol. The highest BCUT2D eigenvalue weighted by molar-refractivity contribution is 7.15. The van der Waals surface area contributed by atoms with Gasteiger partial charge in [-0.2, -0.15) is 0 Å². The number of carbonyl (C=O) groups excluding carboxylic acids is 1. The van der Waals surface area contributed by atoms with Crippen molar-refractivity contribution in [1.29, 1.82) is 0 Å². The van der Waals surface area contributed by atoms with E-state index in [1.54, 1.807) is 11.3 Å². The minimum absolute atomic E-state index is 0.216. The number of carbonyl (C=O) groups is 1. The Morgan fingerprint density at radius 3 is 2.75 bits per heavy atom. The number of rotatable bonds is 5. The largest absolute Gasteiger partial charge is 0.351 e. The minimum atomic E-state index is -0.648. The van der Waals surface area contributed by atoms with E-state index >= 15 is 0 Å². The van der Waals surface area contributed by atoms with E-state index in [0.717, 1.165) is 28.9 Å². The fourth-order valence-corrected chi connectivity index (χ4v) is 3.70. The molecule has 0 radical (unpaired) electrons. The van der Waals surface area contributed by atoms with E-state index in [0.29, 0.717) is 0 Å². The van der Waals surface area contributed by atoms with Crippen molar-refractivity contribution in [3.05, 3.63) is 53.2 Å². The molecule has 5 heteroatoms. The van der Waals surface area contributed by atoms with Crippen LogP contribution in [0.2, 0.25) is 0 Å². The van der Waals surface area contributed by atoms with Crippen LogP contribution in [0, 0.1) is 0 Å². The highest BCUT2D eigenvalue weighted by Crippen LogP contribution is 2.28. The van der Waals surface area contributed by atoms with Crippen LogP contribution < -0.4 is 0 Å². The fourth-order valence-electron chi connectivity index (χ4n) is 2.77. The lowest BCUT2D eigenvalue weighted by atomic mass is 10.0. The zero-order valence-corrected chi connectivity index (χ0v) is 15.1. The molecule has 2 heterocycles. The first-order valence-electron chi connectivity index (χ1n) is 8.16. The normalized spacial score (nSPS) is 12.0. The molecule has 0 spiro atoms. The average Bonchev–Trinajstić information content (AvgIpc) is 3.09. The Hall–Kier alpha value is -1.95. The molecule has 3 rings (SSSR count). The first kappa shape index (κ1) is 16.9. The van der Waals surface area contributed by atoms with Crippen LogP contribution >= 0.6 is 11.3 Å². The summed E-state index contributed by atoms with van der Waals surface area (Å²) in [7, 11) is 2.96. The third-order valence-corrected chi connectivity index (χ3v) is 5.10. The maximum absolute atomic E-state index is 12.1. The molecule has 0 saturated carbocycles. The third kappa shape index (κ3) is 3.43. The van der Waals surface area contributed by atoms with Gasteiger partial charge in [-0.1, -0.05) is 37.6 Å². The molecule has 0 atom stereocenters. The second-order valence-corrected chi connectivity index (χ2v) is 7.47. The fraction of sp³-hybridized carbons (Fsp3) is 0.316. The summed E-state index contributed by atoms with van der Waals surface area (Å²) in [4.78, 5) is 13.2. The van der Waals surface area contributed by atoms with E-state index < -0.39 is 4.65 Å². The number of amides is 1. The van der Waals surface area contributed by atoms with Crippen LogP contribution in [0.25, 0.3) is 16.0 Å². The zero-order valence-electron chi connectivity index (χ0n) is 14.3. The van der Waals surface area contributed by atoms with E-state index in [1.165, 1.54) is 25.2 Å². The summed E-state index contributed by atoms with van der Waals surface area (Å²) in [6.07, 6.45) is 4.51. The standard InChI is InChI=1S/C19H23N2O2S/c1-4-6-14-7-5-8-15(9-14)16-10-18-20(12-16)17(13-24-18)11-19(22)21(2,3)23/h5,7-10,12-13,23H,4,6,11H2,1-3H3/q+1. The first-order valence-corrected chi connectivity index (χ1v) is 9.04. The molecule has 1 amide bonds. The summed E-state index contributed by atoms with van der Waals surface area (Å²) in [5.41, 5.74) is 4.62. The van der Waals surface area contributed by atoms with Gasteiger partial charge >= 0.3 is 5.91 Å². The molecule has 0 aliphatic carbocycles. The van der Waals surface area contributed by atoms with Gasteiger partial charge in [0.15, 0.2) is 0 Å². The number of likely N-dealkylation sites (N-methyl/N-ethyl adjacent to an activating group) is 1. The molecule has 0 saturated heterocycles. The van der Waals surface area contributed by atoms with Crippen molar-refractivity contribution >= 4 is 22.1 Å². The van der Waals surface area contributed by atoms with E-state index in [-0.39, 0.29) is 12.3 Å². The van der Waals surface area contributed by atoms with Crippen molar-refractivity contribution in [2.45, 2.75) is 26.2 Å². The number of benzene rings is 1. The van der Waals surface area contributed by atoms with Crippen molar-refractivity contribution in [2.75, 3.05) is 14.1 Å². The number of fused-ring (bicyclic) bond motifs is 1. The molecule has 24 heavy (non-hydrogen) atoms. The predicted octanol–water partition coefficient (Wildman–Crippen LogP) is 4.16. The van der Waals surface area contributed by atoms with Gasteiger partial charge in [0, 0.05) is 22.8 Å². The third-order valence-electron chi connectivity index (χ3n) is 4.15. The molecule has 2 aromatic heterocycles. The van der Waals surface area contributed by atoms with Gasteiger partial charge in [0.1, 0.15) is 20.5 Å². The van der Waals surface area contributed by atoms with Crippen LogP contribution in [0.5, 0.6) is 0 Å². The van der Waals surface area contributed by atoms with Crippen LogP contribution in [-0.4, -0.2) is 34.3 Å². The van der Waals surface area contributed by atoms with Gasteiger partial charge in [-0.15, -0.1) is 16.0 Å². The first-order chi connectivity index (χ1) is 11.4. The van der Waals surface area contributed by atoms with Crippen molar-refractivity contribution in [1.82, 2.24) is 4.40 Å². The van der Waals surface area contributed by atoms with Gasteiger partial charge in [0.25, 0.3) is 0 Å². The summed E-state index contributed by atoms with van der Waals surface area (Å²) in [6.45, 7) is 2.19. The molecule has 0 unspecified atom stereocenters. The Morgan fingerprint density at radius 2 is 2.04 bits per heavy atom. The Bertz CT molecular complexity index is 871. The van der Waals surface area contributed by atoms with E-state index in [1.807, 2.05) is 5.38 Å². The summed E-state index contributed by atoms with van der Waals surface area (Å²) >= 11 is 1.62. The molecule has 3 aromatic rings. The maximum Gasteiger partial charge on any atom is 0.351 e. The lowest BCUT2D eigenvalue weighted by Gasteiger charge is -2.15. The SMILES string of the molecule is CCCc1cccc(-c2cc3scc(CC(=O)[N+](C)(C)O)n3c2)c1. The van der Waals surface area contributed by atoms with Gasteiger partial charge in [0.05, 0.1) is 4.83 Å². The van der Waals surface area contributed by atoms with E-state index in [4.69, 9.17) is 0 Å². The number of quaternary nitrogens is 1. The summed E-state index contributed by atoms with van der Waals surface area (Å²) in [5, 5.41) is 11.8. The number of hydrogen-bond donors (Lipinski definition) is 1. The monoisotopic (exact) mass is 343 g/mol. The zero-order chi connectivity index (χ0) is 17.3. The molecule has 1 aromatic carbocycles. The van der Waals surface area contributed by atoms with Crippen LogP contribution in [0.4, 0.5) is 0 Å². The quantitative estimate of drug-likeness (QED) is 0.429. The van der Waals surface area contributed by atoms with Crippen molar-refractivity contribution in [3.63, 3.8) is 0 Å². The minimum Gasteiger partial charge on any atom is -0.310 e. The Kier molecular flexibility index (Phi) is 4.58. The van der Waals surface area contributed by atoms with Gasteiger partial charge in [-0.05, 0) is 23.6 Å². The number of thiazole rings is 1. The van der Waals surface area contributed by atoms with Gasteiger partial charge in [-0.3, -0.25) is 0 Å². The second kappa shape index (κ2) is 6.51. The summed E-state index contributed by atoms with van der Waals surface area (Å²) in [5.74, 6) is -0.227. The van der Waals surface area contributed by atoms with Crippen molar-refractivity contribution in [2.24, 2.45) is 0 Å². The molecular formula is C19H23N2O2S+. The predicted molar refractivity (Wildman–Crippen MR) is 97.3 cm³/mol. The molecule has 0 aliphatic rings. The molecule has 1 N–H and O–H groups in total. The molecule has 126 valence electrons. The number of nitrogens with zero attached hydrogens (tertiary/aromatic N) is 2. The number of aromatic nitrogens is 1. The Labute approximate surface area is 146 Å². The van der Waals surface area contributed by atoms with Crippen LogP contribution in [-0.2, 0) is 17.6 Å². The van der Waals surface area contributed by atoms with Gasteiger partial charge in [0.2, 0.25) is 0 Å². The van der Waals surface area contributed by atoms with Crippen LogP contribution in [0.1, 0.15) is 24.6 Å². The Balaban J connectivity index is 1.92. The van der Waals surface area contributed by atoms with Crippen LogP contribution in [0.3, 0.4) is 0 Å².